The maximum Gasteiger partial charge on any atom is 0.411 e. The summed E-state index contributed by atoms with van der Waals surface area (Å²) in [5.41, 5.74) is 3.18. The Labute approximate surface area is 223 Å². The first kappa shape index (κ1) is 27.1. The first-order chi connectivity index (χ1) is 18.1. The van der Waals surface area contributed by atoms with Gasteiger partial charge in [-0.15, -0.1) is 0 Å². The lowest BCUT2D eigenvalue weighted by atomic mass is 9.88. The molecule has 0 bridgehead atoms. The minimum Gasteiger partial charge on any atom is -0.465 e. The number of hydrogen-bond acceptors (Lipinski definition) is 6. The molecule has 1 atom stereocenters. The van der Waals surface area contributed by atoms with Crippen molar-refractivity contribution in [3.63, 3.8) is 0 Å². The van der Waals surface area contributed by atoms with Gasteiger partial charge < -0.3 is 19.8 Å². The van der Waals surface area contributed by atoms with Crippen LogP contribution in [-0.4, -0.2) is 53.4 Å². The van der Waals surface area contributed by atoms with Crippen LogP contribution < -0.4 is 5.32 Å². The van der Waals surface area contributed by atoms with Crippen LogP contribution in [0.15, 0.2) is 60.3 Å². The van der Waals surface area contributed by atoms with Crippen molar-refractivity contribution in [2.75, 3.05) is 7.11 Å². The number of ether oxygens (including phenoxy) is 2. The van der Waals surface area contributed by atoms with Crippen LogP contribution in [-0.2, 0) is 9.47 Å². The predicted molar refractivity (Wildman–Crippen MR) is 145 cm³/mol. The molecule has 1 unspecified atom stereocenters. The molecule has 0 heterocycles. The van der Waals surface area contributed by atoms with Gasteiger partial charge in [0, 0.05) is 29.6 Å². The quantitative estimate of drug-likeness (QED) is 0.476. The highest BCUT2D eigenvalue weighted by molar-refractivity contribution is 6.00. The van der Waals surface area contributed by atoms with Crippen molar-refractivity contribution >= 4 is 23.7 Å². The molecule has 0 saturated heterocycles. The molecule has 0 aliphatic heterocycles. The average molecular weight is 518 g/mol. The average Bonchev–Trinajstić information content (AvgIpc) is 3.72. The second-order valence-electron chi connectivity index (χ2n) is 10.7. The molecule has 200 valence electrons. The second kappa shape index (κ2) is 11.2. The molecule has 2 aromatic rings. The SMILES string of the molecule is COC(=O)c1ccccc1-c1ccc(C(=O)N(C2CC2)C2CCC(=N)/C(=C\NC(=O)OC(C)(C)C)C2)cc1. The van der Waals surface area contributed by atoms with E-state index in [1.165, 1.54) is 7.11 Å². The lowest BCUT2D eigenvalue weighted by Gasteiger charge is -2.36. The zero-order valence-electron chi connectivity index (χ0n) is 22.4. The second-order valence-corrected chi connectivity index (χ2v) is 10.7. The summed E-state index contributed by atoms with van der Waals surface area (Å²) in [7, 11) is 1.36. The van der Waals surface area contributed by atoms with Crippen molar-refractivity contribution in [2.24, 2.45) is 0 Å². The molecule has 2 amide bonds. The number of carbonyl (C=O) groups excluding carboxylic acids is 3. The van der Waals surface area contributed by atoms with Crippen molar-refractivity contribution in [3.05, 3.63) is 71.4 Å². The maximum absolute atomic E-state index is 13.7. The summed E-state index contributed by atoms with van der Waals surface area (Å²) in [6, 6.07) is 14.7. The third-order valence-corrected chi connectivity index (χ3v) is 6.68. The number of rotatable bonds is 6. The number of methoxy groups -OCH3 is 1. The van der Waals surface area contributed by atoms with E-state index >= 15 is 0 Å². The molecule has 8 heteroatoms. The minimum absolute atomic E-state index is 0.0433. The summed E-state index contributed by atoms with van der Waals surface area (Å²) >= 11 is 0. The van der Waals surface area contributed by atoms with Crippen LogP contribution in [0.4, 0.5) is 4.79 Å². The summed E-state index contributed by atoms with van der Waals surface area (Å²) in [5, 5.41) is 11.0. The number of esters is 1. The van der Waals surface area contributed by atoms with E-state index in [0.29, 0.717) is 41.7 Å². The van der Waals surface area contributed by atoms with E-state index < -0.39 is 17.7 Å². The molecule has 2 aromatic carbocycles. The third-order valence-electron chi connectivity index (χ3n) is 6.68. The molecule has 0 radical (unpaired) electrons. The molecule has 2 N–H and O–H groups in total. The van der Waals surface area contributed by atoms with Crippen LogP contribution in [0.3, 0.4) is 0 Å². The molecule has 38 heavy (non-hydrogen) atoms. The van der Waals surface area contributed by atoms with E-state index in [1.807, 2.05) is 29.2 Å². The van der Waals surface area contributed by atoms with Crippen molar-refractivity contribution in [1.29, 1.82) is 5.41 Å². The van der Waals surface area contributed by atoms with Crippen LogP contribution in [0, 0.1) is 5.41 Å². The van der Waals surface area contributed by atoms with E-state index in [-0.39, 0.29) is 18.0 Å². The Bertz CT molecular complexity index is 1260. The van der Waals surface area contributed by atoms with Gasteiger partial charge in [0.2, 0.25) is 0 Å². The number of nitrogens with zero attached hydrogens (tertiary/aromatic N) is 1. The topological polar surface area (TPSA) is 109 Å². The Hall–Kier alpha value is -3.94. The fourth-order valence-corrected chi connectivity index (χ4v) is 4.73. The lowest BCUT2D eigenvalue weighted by molar-refractivity contribution is 0.0547. The molecule has 4 rings (SSSR count). The van der Waals surface area contributed by atoms with E-state index in [0.717, 1.165) is 24.0 Å². The lowest BCUT2D eigenvalue weighted by Crippen LogP contribution is -2.44. The first-order valence-corrected chi connectivity index (χ1v) is 12.9. The Balaban J connectivity index is 1.51. The van der Waals surface area contributed by atoms with Crippen molar-refractivity contribution < 1.29 is 23.9 Å². The fraction of sp³-hybridized carbons (Fsp3) is 0.400. The summed E-state index contributed by atoms with van der Waals surface area (Å²) in [4.78, 5) is 40.0. The number of amides is 2. The first-order valence-electron chi connectivity index (χ1n) is 12.9. The van der Waals surface area contributed by atoms with Crippen LogP contribution in [0.25, 0.3) is 11.1 Å². The minimum atomic E-state index is -0.614. The Morgan fingerprint density at radius 2 is 1.68 bits per heavy atom. The normalized spacial score (nSPS) is 18.6. The standard InChI is InChI=1S/C30H35N3O5/c1-30(2,3)38-29(36)32-18-21-17-23(15-16-26(21)31)33(22-13-14-22)27(34)20-11-9-19(10-12-20)24-7-5-6-8-25(24)28(35)37-4/h5-12,18,22-23,31H,13-17H2,1-4H3,(H,32,36)/b21-18-,31-26?. The molecule has 8 nitrogen and oxygen atoms in total. The van der Waals surface area contributed by atoms with Gasteiger partial charge in [0.1, 0.15) is 5.60 Å². The largest absolute Gasteiger partial charge is 0.465 e. The van der Waals surface area contributed by atoms with Gasteiger partial charge in [0.25, 0.3) is 5.91 Å². The van der Waals surface area contributed by atoms with Crippen molar-refractivity contribution in [1.82, 2.24) is 10.2 Å². The number of benzene rings is 2. The molecule has 2 aliphatic carbocycles. The molecule has 0 spiro atoms. The van der Waals surface area contributed by atoms with E-state index in [9.17, 15) is 14.4 Å². The van der Waals surface area contributed by atoms with Gasteiger partial charge in [0.15, 0.2) is 0 Å². The van der Waals surface area contributed by atoms with Gasteiger partial charge in [-0.25, -0.2) is 9.59 Å². The van der Waals surface area contributed by atoms with Crippen LogP contribution in [0.1, 0.15) is 73.6 Å². The van der Waals surface area contributed by atoms with Crippen molar-refractivity contribution in [3.8, 4) is 11.1 Å². The van der Waals surface area contributed by atoms with Gasteiger partial charge in [-0.3, -0.25) is 10.1 Å². The zero-order chi connectivity index (χ0) is 27.4. The smallest absolute Gasteiger partial charge is 0.411 e. The van der Waals surface area contributed by atoms with Gasteiger partial charge >= 0.3 is 12.1 Å². The summed E-state index contributed by atoms with van der Waals surface area (Å²) < 4.78 is 10.2. The van der Waals surface area contributed by atoms with Crippen LogP contribution >= 0.6 is 0 Å². The van der Waals surface area contributed by atoms with Crippen LogP contribution in [0.2, 0.25) is 0 Å². The molecule has 2 saturated carbocycles. The number of carbonyl (C=O) groups is 3. The van der Waals surface area contributed by atoms with Gasteiger partial charge in [-0.1, -0.05) is 30.3 Å². The Kier molecular flexibility index (Phi) is 7.99. The highest BCUT2D eigenvalue weighted by Crippen LogP contribution is 2.36. The van der Waals surface area contributed by atoms with E-state index in [4.69, 9.17) is 14.9 Å². The van der Waals surface area contributed by atoms with Gasteiger partial charge in [-0.05, 0) is 87.8 Å². The Morgan fingerprint density at radius 3 is 2.32 bits per heavy atom. The number of nitrogens with one attached hydrogen (secondary N) is 2. The van der Waals surface area contributed by atoms with Crippen molar-refractivity contribution in [2.45, 2.75) is 70.6 Å². The van der Waals surface area contributed by atoms with E-state index in [2.05, 4.69) is 5.32 Å². The number of alkyl carbamates (subject to hydrolysis) is 1. The Morgan fingerprint density at radius 1 is 1.00 bits per heavy atom. The molecule has 0 aromatic heterocycles. The fourth-order valence-electron chi connectivity index (χ4n) is 4.73. The maximum atomic E-state index is 13.7. The predicted octanol–water partition coefficient (Wildman–Crippen LogP) is 5.73. The zero-order valence-corrected chi connectivity index (χ0v) is 22.4. The summed E-state index contributed by atoms with van der Waals surface area (Å²) in [6.07, 6.45) is 4.64. The van der Waals surface area contributed by atoms with E-state index in [1.54, 1.807) is 51.2 Å². The highest BCUT2D eigenvalue weighted by atomic mass is 16.6. The summed E-state index contributed by atoms with van der Waals surface area (Å²) in [5.74, 6) is -0.452. The monoisotopic (exact) mass is 517 g/mol. The highest BCUT2D eigenvalue weighted by Gasteiger charge is 2.39. The molecular weight excluding hydrogens is 482 g/mol. The molecule has 2 aliphatic rings. The molecule has 2 fully saturated rings. The van der Waals surface area contributed by atoms with Gasteiger partial charge in [-0.2, -0.15) is 0 Å². The summed E-state index contributed by atoms with van der Waals surface area (Å²) in [6.45, 7) is 5.38. The van der Waals surface area contributed by atoms with Crippen LogP contribution in [0.5, 0.6) is 0 Å². The molecular formula is C30H35N3O5. The third kappa shape index (κ3) is 6.49. The number of hydrogen-bond donors (Lipinski definition) is 2. The van der Waals surface area contributed by atoms with Gasteiger partial charge in [0.05, 0.1) is 12.7 Å².